The molecule has 0 amide bonds. The van der Waals surface area contributed by atoms with Crippen LogP contribution in [0.1, 0.15) is 219 Å². The van der Waals surface area contributed by atoms with Gasteiger partial charge in [0.15, 0.2) is 12.6 Å². The molecule has 14 heteroatoms. The number of esters is 1. The molecule has 81 heavy (non-hydrogen) atoms. The molecule has 11 atom stereocenters. The minimum atomic E-state index is -1.72. The maximum Gasteiger partial charge on any atom is 0.306 e. The van der Waals surface area contributed by atoms with Crippen molar-refractivity contribution in [2.24, 2.45) is 0 Å². The molecule has 2 rings (SSSR count). The first-order valence-electron chi connectivity index (χ1n) is 31.8. The summed E-state index contributed by atoms with van der Waals surface area (Å²) in [6.45, 7) is 3.54. The highest BCUT2D eigenvalue weighted by molar-refractivity contribution is 5.69. The molecule has 0 aromatic carbocycles. The van der Waals surface area contributed by atoms with Gasteiger partial charge >= 0.3 is 5.97 Å². The van der Waals surface area contributed by atoms with E-state index in [9.17, 15) is 40.5 Å². The van der Waals surface area contributed by atoms with E-state index >= 15 is 0 Å². The predicted molar refractivity (Wildman–Crippen MR) is 325 cm³/mol. The molecular formula is C67H114O14. The van der Waals surface area contributed by atoms with E-state index in [-0.39, 0.29) is 19.6 Å². The molecule has 2 fully saturated rings. The standard InChI is InChI=1S/C67H114O14/c1-3-5-7-9-11-13-15-17-19-21-23-25-27-29-31-33-35-37-39-41-43-45-47-49-51-76-53-56(54-77-66-65(75)63(73)61(71)58(81-66)55-78-67-64(74)62(72)60(70)57(52-68)80-67)79-59(69)50-48-46-44-42-40-38-36-34-32-30-28-26-24-22-20-18-16-14-12-10-8-6-4-2/h6,8,12,14-15,17-18,20-21,23-24,26-27,29-30,32,56-58,60-68,70-75H,3-5,7,9-11,13,16,19,22,25,28,31,33-55H2,1-2H3/b8-6-,14-12-,17-15-,20-18-,23-21-,26-24-,29-27-,32-30-. The summed E-state index contributed by atoms with van der Waals surface area (Å²) in [5, 5.41) is 72.5. The highest BCUT2D eigenvalue weighted by Gasteiger charge is 2.47. The van der Waals surface area contributed by atoms with Gasteiger partial charge in [-0.3, -0.25) is 4.79 Å². The van der Waals surface area contributed by atoms with Crippen LogP contribution in [0.3, 0.4) is 0 Å². The van der Waals surface area contributed by atoms with Crippen LogP contribution in [0.5, 0.6) is 0 Å². The summed E-state index contributed by atoms with van der Waals surface area (Å²) >= 11 is 0. The number of hydrogen-bond acceptors (Lipinski definition) is 14. The zero-order valence-corrected chi connectivity index (χ0v) is 50.2. The molecule has 0 saturated carbocycles. The smallest absolute Gasteiger partial charge is 0.306 e. The predicted octanol–water partition coefficient (Wildman–Crippen LogP) is 12.5. The quantitative estimate of drug-likeness (QED) is 0.0172. The maximum absolute atomic E-state index is 13.1. The second-order valence-electron chi connectivity index (χ2n) is 21.8. The molecule has 0 aliphatic carbocycles. The van der Waals surface area contributed by atoms with Crippen molar-refractivity contribution in [1.82, 2.24) is 0 Å². The fourth-order valence-corrected chi connectivity index (χ4v) is 9.50. The molecule has 0 aromatic rings. The highest BCUT2D eigenvalue weighted by Crippen LogP contribution is 2.27. The zero-order valence-electron chi connectivity index (χ0n) is 50.2. The Labute approximate surface area is 490 Å². The minimum absolute atomic E-state index is 0.0475. The van der Waals surface area contributed by atoms with Crippen LogP contribution in [-0.2, 0) is 33.2 Å². The fraction of sp³-hybridized carbons (Fsp3) is 0.746. The molecule has 0 spiro atoms. The van der Waals surface area contributed by atoms with Crippen molar-refractivity contribution in [2.45, 2.75) is 287 Å². The Morgan fingerprint density at radius 1 is 0.420 bits per heavy atom. The number of ether oxygens (including phenoxy) is 6. The third kappa shape index (κ3) is 38.5. The SMILES string of the molecule is CC/C=C\C/C=C\C/C=C\C/C=C\C/C=C\CCCCCCCCCC(=O)OC(COCCCCCCCCCCC/C=C\C/C=C\C/C=C\CCCCCCC)COC1OC(COC2OC(CO)C(O)C(O)C2O)C(O)C(O)C1O. The van der Waals surface area contributed by atoms with Crippen LogP contribution in [-0.4, -0.2) is 142 Å². The van der Waals surface area contributed by atoms with Gasteiger partial charge in [0.05, 0.1) is 26.4 Å². The second-order valence-corrected chi connectivity index (χ2v) is 21.8. The third-order valence-corrected chi connectivity index (χ3v) is 14.6. The van der Waals surface area contributed by atoms with Crippen LogP contribution in [0.25, 0.3) is 0 Å². The molecular weight excluding hydrogens is 1030 g/mol. The number of carbonyl (C=O) groups is 1. The Hall–Kier alpha value is -3.09. The lowest BCUT2D eigenvalue weighted by Gasteiger charge is -2.42. The summed E-state index contributed by atoms with van der Waals surface area (Å²) in [6, 6.07) is 0. The monoisotopic (exact) mass is 1140 g/mol. The van der Waals surface area contributed by atoms with Crippen LogP contribution >= 0.6 is 0 Å². The molecule has 7 N–H and O–H groups in total. The zero-order chi connectivity index (χ0) is 58.6. The minimum Gasteiger partial charge on any atom is -0.457 e. The fourth-order valence-electron chi connectivity index (χ4n) is 9.50. The van der Waals surface area contributed by atoms with Crippen LogP contribution in [0, 0.1) is 0 Å². The molecule has 11 unspecified atom stereocenters. The van der Waals surface area contributed by atoms with Gasteiger partial charge in [-0.15, -0.1) is 0 Å². The third-order valence-electron chi connectivity index (χ3n) is 14.6. The maximum atomic E-state index is 13.1. The van der Waals surface area contributed by atoms with Gasteiger partial charge in [0, 0.05) is 13.0 Å². The Balaban J connectivity index is 1.70. The van der Waals surface area contributed by atoms with Gasteiger partial charge in [-0.1, -0.05) is 214 Å². The van der Waals surface area contributed by atoms with E-state index in [1.54, 1.807) is 0 Å². The first-order valence-corrected chi connectivity index (χ1v) is 31.8. The number of rotatable bonds is 51. The summed E-state index contributed by atoms with van der Waals surface area (Å²) in [5.74, 6) is -0.391. The lowest BCUT2D eigenvalue weighted by Crippen LogP contribution is -2.61. The number of allylic oxidation sites excluding steroid dienone is 16. The van der Waals surface area contributed by atoms with E-state index in [1.807, 2.05) is 0 Å². The van der Waals surface area contributed by atoms with Gasteiger partial charge < -0.3 is 64.2 Å². The van der Waals surface area contributed by atoms with Crippen LogP contribution in [0.4, 0.5) is 0 Å². The summed E-state index contributed by atoms with van der Waals surface area (Å²) in [7, 11) is 0. The van der Waals surface area contributed by atoms with Crippen molar-refractivity contribution >= 4 is 5.97 Å². The van der Waals surface area contributed by atoms with Crippen molar-refractivity contribution in [2.75, 3.05) is 33.0 Å². The molecule has 466 valence electrons. The molecule has 0 radical (unpaired) electrons. The van der Waals surface area contributed by atoms with Gasteiger partial charge in [0.25, 0.3) is 0 Å². The molecule has 2 heterocycles. The van der Waals surface area contributed by atoms with Crippen molar-refractivity contribution < 1.29 is 69.0 Å². The first kappa shape index (κ1) is 74.0. The van der Waals surface area contributed by atoms with E-state index in [2.05, 4.69) is 111 Å². The largest absolute Gasteiger partial charge is 0.457 e. The molecule has 0 aromatic heterocycles. The number of hydrogen-bond donors (Lipinski definition) is 7. The van der Waals surface area contributed by atoms with Gasteiger partial charge in [0.2, 0.25) is 0 Å². The van der Waals surface area contributed by atoms with Gasteiger partial charge in [-0.2, -0.15) is 0 Å². The lowest BCUT2D eigenvalue weighted by atomic mass is 9.98. The van der Waals surface area contributed by atoms with Crippen molar-refractivity contribution in [3.05, 3.63) is 97.2 Å². The number of aliphatic hydroxyl groups excluding tert-OH is 7. The Morgan fingerprint density at radius 2 is 0.802 bits per heavy atom. The number of carbonyl (C=O) groups excluding carboxylic acids is 1. The van der Waals surface area contributed by atoms with Gasteiger partial charge in [0.1, 0.15) is 54.9 Å². The number of aliphatic hydroxyl groups is 7. The van der Waals surface area contributed by atoms with E-state index in [0.717, 1.165) is 109 Å². The lowest BCUT2D eigenvalue weighted by molar-refractivity contribution is -0.332. The average Bonchev–Trinajstić information content (AvgIpc) is 3.46. The summed E-state index contributed by atoms with van der Waals surface area (Å²) in [5.41, 5.74) is 0. The molecule has 14 nitrogen and oxygen atoms in total. The molecule has 2 saturated heterocycles. The van der Waals surface area contributed by atoms with Crippen molar-refractivity contribution in [3.8, 4) is 0 Å². The first-order chi connectivity index (χ1) is 39.6. The average molecular weight is 1140 g/mol. The van der Waals surface area contributed by atoms with Crippen LogP contribution < -0.4 is 0 Å². The number of unbranched alkanes of at least 4 members (excludes halogenated alkanes) is 21. The second kappa shape index (κ2) is 52.5. The Kier molecular flexibility index (Phi) is 47.9. The Morgan fingerprint density at radius 3 is 1.26 bits per heavy atom. The summed E-state index contributed by atoms with van der Waals surface area (Å²) < 4.78 is 34.5. The Bertz CT molecular complexity index is 1710. The van der Waals surface area contributed by atoms with Crippen LogP contribution in [0.2, 0.25) is 0 Å². The molecule has 2 aliphatic rings. The van der Waals surface area contributed by atoms with Gasteiger partial charge in [-0.05, 0) is 96.3 Å². The van der Waals surface area contributed by atoms with E-state index in [4.69, 9.17) is 28.4 Å². The normalized spacial score (nSPS) is 24.4. The summed E-state index contributed by atoms with van der Waals surface area (Å²) in [4.78, 5) is 13.1. The van der Waals surface area contributed by atoms with E-state index in [1.165, 1.54) is 83.5 Å². The molecule has 2 aliphatic heterocycles. The van der Waals surface area contributed by atoms with Crippen LogP contribution in [0.15, 0.2) is 97.2 Å². The van der Waals surface area contributed by atoms with E-state index < -0.39 is 86.7 Å². The molecule has 0 bridgehead atoms. The topological polar surface area (TPSA) is 214 Å². The highest BCUT2D eigenvalue weighted by atomic mass is 16.7. The van der Waals surface area contributed by atoms with Crippen molar-refractivity contribution in [3.63, 3.8) is 0 Å². The van der Waals surface area contributed by atoms with Gasteiger partial charge in [-0.25, -0.2) is 0 Å². The van der Waals surface area contributed by atoms with Crippen molar-refractivity contribution in [1.29, 1.82) is 0 Å². The summed E-state index contributed by atoms with van der Waals surface area (Å²) in [6.07, 6.45) is 54.6. The van der Waals surface area contributed by atoms with E-state index in [0.29, 0.717) is 13.0 Å².